The fourth-order valence-electron chi connectivity index (χ4n) is 2.47. The standard InChI is InChI=1S/C21H16ClIN2O2/c1-13-9-17(23)11-15(20(13)26)12-24-18-5-7-19(8-6-18)25-21(27)14-3-2-4-16(22)10-14/h2-12,26H,1H3,(H,25,27). The van der Waals surface area contributed by atoms with Gasteiger partial charge in [-0.3, -0.25) is 9.79 Å². The van der Waals surface area contributed by atoms with Crippen LogP contribution in [0.2, 0.25) is 5.02 Å². The van der Waals surface area contributed by atoms with Gasteiger partial charge in [-0.2, -0.15) is 0 Å². The number of hydrogen-bond donors (Lipinski definition) is 2. The van der Waals surface area contributed by atoms with E-state index in [2.05, 4.69) is 32.9 Å². The zero-order valence-corrected chi connectivity index (χ0v) is 17.3. The number of rotatable bonds is 4. The van der Waals surface area contributed by atoms with Crippen molar-refractivity contribution in [2.24, 2.45) is 4.99 Å². The van der Waals surface area contributed by atoms with Crippen LogP contribution in [0.15, 0.2) is 65.7 Å². The van der Waals surface area contributed by atoms with Gasteiger partial charge in [0.1, 0.15) is 5.75 Å². The number of halogens is 2. The van der Waals surface area contributed by atoms with Gasteiger partial charge in [0.25, 0.3) is 5.91 Å². The fourth-order valence-corrected chi connectivity index (χ4v) is 3.46. The second kappa shape index (κ2) is 8.54. The molecule has 136 valence electrons. The molecule has 3 aromatic carbocycles. The van der Waals surface area contributed by atoms with Gasteiger partial charge in [-0.15, -0.1) is 0 Å². The summed E-state index contributed by atoms with van der Waals surface area (Å²) in [6, 6.07) is 17.7. The van der Waals surface area contributed by atoms with E-state index in [1.807, 2.05) is 19.1 Å². The highest BCUT2D eigenvalue weighted by Crippen LogP contribution is 2.24. The lowest BCUT2D eigenvalue weighted by atomic mass is 10.1. The van der Waals surface area contributed by atoms with Crippen LogP contribution in [-0.2, 0) is 0 Å². The summed E-state index contributed by atoms with van der Waals surface area (Å²) in [6.45, 7) is 1.85. The average Bonchev–Trinajstić information content (AvgIpc) is 2.64. The van der Waals surface area contributed by atoms with E-state index < -0.39 is 0 Å². The molecule has 3 aromatic rings. The minimum absolute atomic E-state index is 0.226. The van der Waals surface area contributed by atoms with Crippen molar-refractivity contribution in [2.75, 3.05) is 5.32 Å². The molecule has 0 aliphatic carbocycles. The van der Waals surface area contributed by atoms with E-state index in [-0.39, 0.29) is 11.7 Å². The maximum atomic E-state index is 12.2. The zero-order chi connectivity index (χ0) is 19.4. The number of amides is 1. The minimum atomic E-state index is -0.229. The number of phenols is 1. The molecule has 0 saturated heterocycles. The lowest BCUT2D eigenvalue weighted by molar-refractivity contribution is 0.102. The molecule has 0 spiro atoms. The van der Waals surface area contributed by atoms with Crippen molar-refractivity contribution in [3.05, 3.63) is 85.9 Å². The second-order valence-electron chi connectivity index (χ2n) is 5.93. The number of phenolic OH excluding ortho intramolecular Hbond substituents is 1. The van der Waals surface area contributed by atoms with Gasteiger partial charge in [0.05, 0.1) is 5.69 Å². The Labute approximate surface area is 176 Å². The van der Waals surface area contributed by atoms with Crippen LogP contribution in [0.4, 0.5) is 11.4 Å². The smallest absolute Gasteiger partial charge is 0.255 e. The first-order chi connectivity index (χ1) is 12.9. The van der Waals surface area contributed by atoms with Crippen molar-refractivity contribution >= 4 is 57.7 Å². The largest absolute Gasteiger partial charge is 0.507 e. The summed E-state index contributed by atoms with van der Waals surface area (Å²) >= 11 is 8.12. The molecule has 0 heterocycles. The minimum Gasteiger partial charge on any atom is -0.507 e. The van der Waals surface area contributed by atoms with Gasteiger partial charge in [-0.1, -0.05) is 17.7 Å². The van der Waals surface area contributed by atoms with Crippen LogP contribution in [-0.4, -0.2) is 17.2 Å². The van der Waals surface area contributed by atoms with Crippen molar-refractivity contribution in [2.45, 2.75) is 6.92 Å². The molecule has 0 radical (unpaired) electrons. The monoisotopic (exact) mass is 490 g/mol. The summed E-state index contributed by atoms with van der Waals surface area (Å²) in [5, 5.41) is 13.5. The molecule has 0 aliphatic heterocycles. The van der Waals surface area contributed by atoms with Crippen LogP contribution in [0.25, 0.3) is 0 Å². The Bertz CT molecular complexity index is 1020. The zero-order valence-electron chi connectivity index (χ0n) is 14.4. The Morgan fingerprint density at radius 1 is 1.15 bits per heavy atom. The molecule has 0 aliphatic rings. The number of carbonyl (C=O) groups is 1. The van der Waals surface area contributed by atoms with E-state index in [0.717, 1.165) is 9.13 Å². The highest BCUT2D eigenvalue weighted by atomic mass is 127. The van der Waals surface area contributed by atoms with Gasteiger partial charge < -0.3 is 10.4 Å². The Balaban J connectivity index is 1.71. The summed E-state index contributed by atoms with van der Waals surface area (Å²) in [5.41, 5.74) is 3.34. The van der Waals surface area contributed by atoms with Crippen molar-refractivity contribution in [1.82, 2.24) is 0 Å². The summed E-state index contributed by atoms with van der Waals surface area (Å²) < 4.78 is 1.03. The number of aryl methyl sites for hydroxylation is 1. The van der Waals surface area contributed by atoms with E-state index in [0.29, 0.717) is 27.5 Å². The quantitative estimate of drug-likeness (QED) is 0.350. The number of aromatic hydroxyl groups is 1. The maximum Gasteiger partial charge on any atom is 0.255 e. The number of hydrogen-bond acceptors (Lipinski definition) is 3. The Morgan fingerprint density at radius 3 is 2.59 bits per heavy atom. The van der Waals surface area contributed by atoms with E-state index in [9.17, 15) is 9.90 Å². The van der Waals surface area contributed by atoms with Crippen molar-refractivity contribution in [3.63, 3.8) is 0 Å². The van der Waals surface area contributed by atoms with Gasteiger partial charge in [0, 0.05) is 31.6 Å². The van der Waals surface area contributed by atoms with E-state index in [1.54, 1.807) is 54.7 Å². The van der Waals surface area contributed by atoms with Crippen molar-refractivity contribution < 1.29 is 9.90 Å². The van der Waals surface area contributed by atoms with E-state index in [4.69, 9.17) is 11.6 Å². The van der Waals surface area contributed by atoms with E-state index >= 15 is 0 Å². The topological polar surface area (TPSA) is 61.7 Å². The van der Waals surface area contributed by atoms with Gasteiger partial charge >= 0.3 is 0 Å². The molecular weight excluding hydrogens is 475 g/mol. The first-order valence-corrected chi connectivity index (χ1v) is 9.58. The molecule has 1 amide bonds. The fraction of sp³-hybridized carbons (Fsp3) is 0.0476. The molecule has 4 nitrogen and oxygen atoms in total. The Morgan fingerprint density at radius 2 is 1.89 bits per heavy atom. The SMILES string of the molecule is Cc1cc(I)cc(C=Nc2ccc(NC(=O)c3cccc(Cl)c3)cc2)c1O. The normalized spacial score (nSPS) is 10.9. The maximum absolute atomic E-state index is 12.2. The van der Waals surface area contributed by atoms with Crippen molar-refractivity contribution in [1.29, 1.82) is 0 Å². The van der Waals surface area contributed by atoms with Crippen LogP contribution in [0.1, 0.15) is 21.5 Å². The lowest BCUT2D eigenvalue weighted by Gasteiger charge is -2.06. The van der Waals surface area contributed by atoms with Crippen LogP contribution >= 0.6 is 34.2 Å². The third-order valence-electron chi connectivity index (χ3n) is 3.86. The van der Waals surface area contributed by atoms with Crippen LogP contribution in [0, 0.1) is 10.5 Å². The predicted octanol–water partition coefficient (Wildman–Crippen LogP) is 5.96. The highest BCUT2D eigenvalue weighted by Gasteiger charge is 2.07. The molecule has 6 heteroatoms. The van der Waals surface area contributed by atoms with Crippen LogP contribution in [0.3, 0.4) is 0 Å². The molecule has 0 unspecified atom stereocenters. The number of carbonyl (C=O) groups excluding carboxylic acids is 1. The first kappa shape index (κ1) is 19.4. The molecule has 0 bridgehead atoms. The number of benzene rings is 3. The Hall–Kier alpha value is -2.38. The molecule has 0 atom stereocenters. The van der Waals surface area contributed by atoms with Crippen LogP contribution < -0.4 is 5.32 Å². The number of aliphatic imine (C=N–C) groups is 1. The summed E-state index contributed by atoms with van der Waals surface area (Å²) in [4.78, 5) is 16.6. The third kappa shape index (κ3) is 5.08. The average molecular weight is 491 g/mol. The van der Waals surface area contributed by atoms with Gasteiger partial charge in [-0.25, -0.2) is 0 Å². The first-order valence-electron chi connectivity index (χ1n) is 8.12. The molecule has 27 heavy (non-hydrogen) atoms. The summed E-state index contributed by atoms with van der Waals surface area (Å²) in [5.74, 6) is -0.00224. The number of nitrogens with one attached hydrogen (secondary N) is 1. The highest BCUT2D eigenvalue weighted by molar-refractivity contribution is 14.1. The van der Waals surface area contributed by atoms with Gasteiger partial charge in [-0.05, 0) is 89.7 Å². The summed E-state index contributed by atoms with van der Waals surface area (Å²) in [7, 11) is 0. The molecule has 0 saturated carbocycles. The van der Waals surface area contributed by atoms with Gasteiger partial charge in [0.2, 0.25) is 0 Å². The predicted molar refractivity (Wildman–Crippen MR) is 119 cm³/mol. The Kier molecular flexibility index (Phi) is 6.13. The molecule has 0 fully saturated rings. The molecule has 0 aromatic heterocycles. The number of nitrogens with zero attached hydrogens (tertiary/aromatic N) is 1. The lowest BCUT2D eigenvalue weighted by Crippen LogP contribution is -2.11. The second-order valence-corrected chi connectivity index (χ2v) is 7.61. The number of anilines is 1. The third-order valence-corrected chi connectivity index (χ3v) is 4.72. The van der Waals surface area contributed by atoms with Gasteiger partial charge in [0.15, 0.2) is 0 Å². The molecule has 2 N–H and O–H groups in total. The van der Waals surface area contributed by atoms with E-state index in [1.165, 1.54) is 0 Å². The molecular formula is C21H16ClIN2O2. The molecule has 3 rings (SSSR count). The van der Waals surface area contributed by atoms with Crippen LogP contribution in [0.5, 0.6) is 5.75 Å². The summed E-state index contributed by atoms with van der Waals surface area (Å²) in [6.07, 6.45) is 1.63. The van der Waals surface area contributed by atoms with Crippen molar-refractivity contribution in [3.8, 4) is 5.75 Å².